The quantitative estimate of drug-likeness (QED) is 0.601. The summed E-state index contributed by atoms with van der Waals surface area (Å²) < 4.78 is 6.81. The van der Waals surface area contributed by atoms with Gasteiger partial charge in [-0.1, -0.05) is 12.1 Å². The number of nitrogens with zero attached hydrogens (tertiary/aromatic N) is 6. The van der Waals surface area contributed by atoms with Gasteiger partial charge in [-0.05, 0) is 53.7 Å². The molecule has 10 heteroatoms. The van der Waals surface area contributed by atoms with Crippen molar-refractivity contribution >= 4 is 23.2 Å². The zero-order valence-electron chi connectivity index (χ0n) is 17.8. The molecule has 3 aromatic rings. The van der Waals surface area contributed by atoms with Crippen LogP contribution in [0.25, 0.3) is 5.69 Å². The van der Waals surface area contributed by atoms with Crippen molar-refractivity contribution in [1.29, 1.82) is 0 Å². The number of para-hydroxylation sites is 1. The lowest BCUT2D eigenvalue weighted by Gasteiger charge is -2.29. The monoisotopic (exact) mass is 435 g/mol. The fraction of sp³-hybridized carbons (Fsp3) is 0.318. The summed E-state index contributed by atoms with van der Waals surface area (Å²) in [6, 6.07) is 14.7. The van der Waals surface area contributed by atoms with Crippen LogP contribution in [0.1, 0.15) is 17.3 Å². The fourth-order valence-electron chi connectivity index (χ4n) is 3.57. The van der Waals surface area contributed by atoms with Crippen LogP contribution >= 0.6 is 0 Å². The molecule has 2 heterocycles. The molecule has 1 N–H and O–H groups in total. The van der Waals surface area contributed by atoms with Gasteiger partial charge in [0.15, 0.2) is 0 Å². The lowest BCUT2D eigenvalue weighted by atomic mass is 10.1. The summed E-state index contributed by atoms with van der Waals surface area (Å²) >= 11 is 0. The second-order valence-electron chi connectivity index (χ2n) is 7.29. The molecule has 4 rings (SSSR count). The van der Waals surface area contributed by atoms with E-state index in [1.54, 1.807) is 24.3 Å². The van der Waals surface area contributed by atoms with Gasteiger partial charge >= 0.3 is 0 Å². The van der Waals surface area contributed by atoms with Crippen LogP contribution in [0.15, 0.2) is 54.9 Å². The Kier molecular flexibility index (Phi) is 6.71. The Bertz CT molecular complexity index is 1050. The van der Waals surface area contributed by atoms with E-state index in [9.17, 15) is 9.59 Å². The van der Waals surface area contributed by atoms with Crippen LogP contribution in [-0.2, 0) is 9.53 Å². The van der Waals surface area contributed by atoms with E-state index in [4.69, 9.17) is 4.74 Å². The van der Waals surface area contributed by atoms with Crippen molar-refractivity contribution in [1.82, 2.24) is 25.1 Å². The molecule has 1 fully saturated rings. The smallest absolute Gasteiger partial charge is 0.256 e. The van der Waals surface area contributed by atoms with E-state index in [0.29, 0.717) is 23.5 Å². The molecule has 2 amide bonds. The lowest BCUT2D eigenvalue weighted by molar-refractivity contribution is -0.116. The number of hydrogen-bond acceptors (Lipinski definition) is 7. The van der Waals surface area contributed by atoms with Crippen molar-refractivity contribution in [3.05, 3.63) is 60.4 Å². The van der Waals surface area contributed by atoms with Gasteiger partial charge in [0.2, 0.25) is 5.91 Å². The summed E-state index contributed by atoms with van der Waals surface area (Å²) in [5.41, 5.74) is 2.75. The SMILES string of the molecule is CCN(CC(=O)Nc1ccc(N2CCOCC2)cc1)C(=O)c1ccccc1-n1cnnn1. The highest BCUT2D eigenvalue weighted by atomic mass is 16.5. The average molecular weight is 435 g/mol. The van der Waals surface area contributed by atoms with E-state index in [0.717, 1.165) is 32.0 Å². The molecule has 32 heavy (non-hydrogen) atoms. The molecular formula is C22H25N7O3. The van der Waals surface area contributed by atoms with Crippen LogP contribution in [-0.4, -0.2) is 76.3 Å². The maximum atomic E-state index is 13.1. The van der Waals surface area contributed by atoms with Crippen molar-refractivity contribution in [2.24, 2.45) is 0 Å². The number of ether oxygens (including phenoxy) is 1. The molecule has 0 radical (unpaired) electrons. The molecule has 2 aromatic carbocycles. The van der Waals surface area contributed by atoms with Crippen molar-refractivity contribution in [3.63, 3.8) is 0 Å². The summed E-state index contributed by atoms with van der Waals surface area (Å²) in [7, 11) is 0. The molecular weight excluding hydrogens is 410 g/mol. The van der Waals surface area contributed by atoms with Gasteiger partial charge in [-0.25, -0.2) is 0 Å². The molecule has 0 aliphatic carbocycles. The standard InChI is InChI=1S/C22H25N7O3/c1-2-27(22(31)19-5-3-4-6-20(19)29-16-23-25-26-29)15-21(30)24-17-7-9-18(10-8-17)28-11-13-32-14-12-28/h3-10,16H,2,11-15H2,1H3,(H,24,30). The maximum absolute atomic E-state index is 13.1. The molecule has 0 unspecified atom stereocenters. The van der Waals surface area contributed by atoms with Crippen molar-refractivity contribution in [2.75, 3.05) is 49.6 Å². The third-order valence-electron chi connectivity index (χ3n) is 5.26. The number of carbonyl (C=O) groups is 2. The predicted molar refractivity (Wildman–Crippen MR) is 119 cm³/mol. The van der Waals surface area contributed by atoms with E-state index in [2.05, 4.69) is 25.7 Å². The molecule has 1 aromatic heterocycles. The van der Waals surface area contributed by atoms with Gasteiger partial charge in [-0.2, -0.15) is 4.68 Å². The van der Waals surface area contributed by atoms with Gasteiger partial charge in [0.05, 0.1) is 24.5 Å². The molecule has 10 nitrogen and oxygen atoms in total. The van der Waals surface area contributed by atoms with Crippen LogP contribution in [0.4, 0.5) is 11.4 Å². The number of morpholine rings is 1. The van der Waals surface area contributed by atoms with E-state index in [1.807, 2.05) is 31.2 Å². The molecule has 1 aliphatic heterocycles. The van der Waals surface area contributed by atoms with Crippen LogP contribution in [0, 0.1) is 0 Å². The van der Waals surface area contributed by atoms with Gasteiger partial charge in [0.25, 0.3) is 5.91 Å². The number of anilines is 2. The Hall–Kier alpha value is -3.79. The Morgan fingerprint density at radius 3 is 2.53 bits per heavy atom. The van der Waals surface area contributed by atoms with Crippen LogP contribution in [0.3, 0.4) is 0 Å². The number of nitrogens with one attached hydrogen (secondary N) is 1. The molecule has 0 saturated carbocycles. The first-order valence-corrected chi connectivity index (χ1v) is 10.5. The number of amides is 2. The molecule has 166 valence electrons. The van der Waals surface area contributed by atoms with Gasteiger partial charge in [-0.3, -0.25) is 9.59 Å². The summed E-state index contributed by atoms with van der Waals surface area (Å²) in [5, 5.41) is 14.0. The summed E-state index contributed by atoms with van der Waals surface area (Å²) in [5.74, 6) is -0.532. The van der Waals surface area contributed by atoms with Crippen molar-refractivity contribution in [2.45, 2.75) is 6.92 Å². The minimum atomic E-state index is -0.267. The highest BCUT2D eigenvalue weighted by molar-refractivity contribution is 6.01. The number of tetrazole rings is 1. The lowest BCUT2D eigenvalue weighted by Crippen LogP contribution is -2.38. The zero-order valence-corrected chi connectivity index (χ0v) is 17.8. The van der Waals surface area contributed by atoms with Gasteiger partial charge in [0.1, 0.15) is 12.9 Å². The summed E-state index contributed by atoms with van der Waals surface area (Å²) in [6.45, 7) is 5.29. The maximum Gasteiger partial charge on any atom is 0.256 e. The van der Waals surface area contributed by atoms with Crippen molar-refractivity contribution < 1.29 is 14.3 Å². The number of rotatable bonds is 7. The highest BCUT2D eigenvalue weighted by Crippen LogP contribution is 2.19. The predicted octanol–water partition coefficient (Wildman–Crippen LogP) is 1.60. The van der Waals surface area contributed by atoms with E-state index in [-0.39, 0.29) is 18.4 Å². The second-order valence-corrected chi connectivity index (χ2v) is 7.29. The van der Waals surface area contributed by atoms with Gasteiger partial charge in [0, 0.05) is 31.0 Å². The fourth-order valence-corrected chi connectivity index (χ4v) is 3.57. The van der Waals surface area contributed by atoms with Crippen LogP contribution in [0.5, 0.6) is 0 Å². The zero-order chi connectivity index (χ0) is 22.3. The Balaban J connectivity index is 1.40. The van der Waals surface area contributed by atoms with E-state index < -0.39 is 0 Å². The first-order chi connectivity index (χ1) is 15.7. The van der Waals surface area contributed by atoms with E-state index >= 15 is 0 Å². The Morgan fingerprint density at radius 2 is 1.84 bits per heavy atom. The molecule has 0 bridgehead atoms. The Labute approximate surface area is 185 Å². The number of benzene rings is 2. The number of hydrogen-bond donors (Lipinski definition) is 1. The average Bonchev–Trinajstić information content (AvgIpc) is 3.38. The van der Waals surface area contributed by atoms with Crippen molar-refractivity contribution in [3.8, 4) is 5.69 Å². The molecule has 0 spiro atoms. The third kappa shape index (κ3) is 4.92. The number of carbonyl (C=O) groups excluding carboxylic acids is 2. The normalized spacial score (nSPS) is 13.6. The van der Waals surface area contributed by atoms with Crippen LogP contribution < -0.4 is 10.2 Å². The molecule has 1 saturated heterocycles. The summed E-state index contributed by atoms with van der Waals surface area (Å²) in [6.07, 6.45) is 1.43. The minimum Gasteiger partial charge on any atom is -0.378 e. The molecule has 0 atom stereocenters. The first kappa shape index (κ1) is 21.4. The summed E-state index contributed by atoms with van der Waals surface area (Å²) in [4.78, 5) is 29.5. The molecule has 1 aliphatic rings. The first-order valence-electron chi connectivity index (χ1n) is 10.5. The third-order valence-corrected chi connectivity index (χ3v) is 5.26. The van der Waals surface area contributed by atoms with Gasteiger partial charge < -0.3 is 19.9 Å². The largest absolute Gasteiger partial charge is 0.378 e. The highest BCUT2D eigenvalue weighted by Gasteiger charge is 2.21. The van der Waals surface area contributed by atoms with Crippen LogP contribution in [0.2, 0.25) is 0 Å². The number of aromatic nitrogens is 4. The minimum absolute atomic E-state index is 0.0650. The number of likely N-dealkylation sites (N-methyl/N-ethyl adjacent to an activating group) is 1. The second kappa shape index (κ2) is 10.0. The Morgan fingerprint density at radius 1 is 1.09 bits per heavy atom. The van der Waals surface area contributed by atoms with E-state index in [1.165, 1.54) is 15.9 Å². The van der Waals surface area contributed by atoms with Gasteiger partial charge in [-0.15, -0.1) is 5.10 Å². The topological polar surface area (TPSA) is 105 Å².